The number of hydrogen-bond donors (Lipinski definition) is 3. The summed E-state index contributed by atoms with van der Waals surface area (Å²) in [5, 5.41) is 21.9. The Morgan fingerprint density at radius 2 is 1.70 bits per heavy atom. The first-order valence-electron chi connectivity index (χ1n) is 5.72. The molecule has 0 spiro atoms. The van der Waals surface area contributed by atoms with Crippen LogP contribution in [0.3, 0.4) is 0 Å². The molecule has 0 saturated heterocycles. The molecule has 0 aliphatic rings. The van der Waals surface area contributed by atoms with Gasteiger partial charge in [-0.15, -0.1) is 0 Å². The molecule has 0 aromatic heterocycles. The smallest absolute Gasteiger partial charge is 0.228 e. The van der Waals surface area contributed by atoms with Gasteiger partial charge in [-0.2, -0.15) is 0 Å². The number of phenols is 2. The van der Waals surface area contributed by atoms with E-state index in [0.717, 1.165) is 0 Å². The van der Waals surface area contributed by atoms with Gasteiger partial charge >= 0.3 is 0 Å². The summed E-state index contributed by atoms with van der Waals surface area (Å²) in [4.78, 5) is 11.9. The van der Waals surface area contributed by atoms with Gasteiger partial charge in [0.25, 0.3) is 0 Å². The standard InChI is InChI=1S/C14H11Cl2NO3/c15-9-2-1-3-10(16)14(9)17-13(20)7-8-4-5-11(18)12(19)6-8/h1-6,18-19H,7H2,(H,17,20). The third kappa shape index (κ3) is 3.35. The van der Waals surface area contributed by atoms with E-state index in [9.17, 15) is 15.0 Å². The van der Waals surface area contributed by atoms with E-state index >= 15 is 0 Å². The van der Waals surface area contributed by atoms with E-state index in [4.69, 9.17) is 23.2 Å². The van der Waals surface area contributed by atoms with Crippen LogP contribution in [0.25, 0.3) is 0 Å². The van der Waals surface area contributed by atoms with Gasteiger partial charge in [-0.3, -0.25) is 4.79 Å². The lowest BCUT2D eigenvalue weighted by Crippen LogP contribution is -2.15. The Morgan fingerprint density at radius 3 is 2.30 bits per heavy atom. The summed E-state index contributed by atoms with van der Waals surface area (Å²) in [6.07, 6.45) is 0.0232. The number of halogens is 2. The molecule has 1 amide bonds. The number of hydrogen-bond acceptors (Lipinski definition) is 3. The first-order chi connectivity index (χ1) is 9.47. The van der Waals surface area contributed by atoms with Crippen LogP contribution in [0.5, 0.6) is 11.5 Å². The second-order valence-electron chi connectivity index (χ2n) is 4.14. The summed E-state index contributed by atoms with van der Waals surface area (Å²) < 4.78 is 0. The van der Waals surface area contributed by atoms with Crippen LogP contribution in [0.4, 0.5) is 5.69 Å². The van der Waals surface area contributed by atoms with Crippen LogP contribution in [-0.4, -0.2) is 16.1 Å². The van der Waals surface area contributed by atoms with Crippen molar-refractivity contribution in [3.05, 3.63) is 52.0 Å². The van der Waals surface area contributed by atoms with Gasteiger partial charge in [-0.1, -0.05) is 35.3 Å². The lowest BCUT2D eigenvalue weighted by molar-refractivity contribution is -0.115. The van der Waals surface area contributed by atoms with E-state index in [0.29, 0.717) is 21.3 Å². The lowest BCUT2D eigenvalue weighted by atomic mass is 10.1. The number of rotatable bonds is 3. The van der Waals surface area contributed by atoms with E-state index < -0.39 is 0 Å². The summed E-state index contributed by atoms with van der Waals surface area (Å²) >= 11 is 11.9. The fourth-order valence-corrected chi connectivity index (χ4v) is 2.16. The van der Waals surface area contributed by atoms with Crippen LogP contribution in [0.1, 0.15) is 5.56 Å². The molecule has 0 saturated carbocycles. The Bertz CT molecular complexity index is 639. The highest BCUT2D eigenvalue weighted by atomic mass is 35.5. The van der Waals surface area contributed by atoms with E-state index in [1.165, 1.54) is 12.1 Å². The zero-order valence-corrected chi connectivity index (χ0v) is 11.7. The largest absolute Gasteiger partial charge is 0.504 e. The molecule has 4 nitrogen and oxygen atoms in total. The molecule has 0 heterocycles. The van der Waals surface area contributed by atoms with Gasteiger partial charge in [0.1, 0.15) is 0 Å². The fourth-order valence-electron chi connectivity index (χ4n) is 1.67. The molecule has 0 aliphatic heterocycles. The number of amides is 1. The molecule has 0 fully saturated rings. The minimum Gasteiger partial charge on any atom is -0.504 e. The first-order valence-corrected chi connectivity index (χ1v) is 6.47. The Kier molecular flexibility index (Phi) is 4.37. The maximum Gasteiger partial charge on any atom is 0.228 e. The molecule has 104 valence electrons. The van der Waals surface area contributed by atoms with E-state index in [1.54, 1.807) is 24.3 Å². The quantitative estimate of drug-likeness (QED) is 0.759. The number of anilines is 1. The molecule has 0 atom stereocenters. The number of carbonyl (C=O) groups is 1. The van der Waals surface area contributed by atoms with Crippen LogP contribution < -0.4 is 5.32 Å². The van der Waals surface area contributed by atoms with E-state index in [-0.39, 0.29) is 23.8 Å². The molecule has 0 unspecified atom stereocenters. The zero-order chi connectivity index (χ0) is 14.7. The fraction of sp³-hybridized carbons (Fsp3) is 0.0714. The average molecular weight is 312 g/mol. The topological polar surface area (TPSA) is 69.6 Å². The Balaban J connectivity index is 2.11. The Labute approximate surface area is 125 Å². The van der Waals surface area contributed by atoms with E-state index in [1.807, 2.05) is 0 Å². The molecule has 2 aromatic carbocycles. The number of phenolic OH excluding ortho intramolecular Hbond substituents is 2. The van der Waals surface area contributed by atoms with Crippen molar-refractivity contribution in [3.63, 3.8) is 0 Å². The molecule has 0 aliphatic carbocycles. The molecular weight excluding hydrogens is 301 g/mol. The molecular formula is C14H11Cl2NO3. The molecule has 0 radical (unpaired) electrons. The molecule has 2 aromatic rings. The predicted molar refractivity (Wildman–Crippen MR) is 78.6 cm³/mol. The molecule has 6 heteroatoms. The minimum absolute atomic E-state index is 0.0232. The first kappa shape index (κ1) is 14.5. The van der Waals surface area contributed by atoms with Crippen LogP contribution in [0.2, 0.25) is 10.0 Å². The maximum atomic E-state index is 11.9. The van der Waals surface area contributed by atoms with Crippen molar-refractivity contribution in [1.82, 2.24) is 0 Å². The highest BCUT2D eigenvalue weighted by Crippen LogP contribution is 2.30. The number of aromatic hydroxyl groups is 2. The number of nitrogens with one attached hydrogen (secondary N) is 1. The number of para-hydroxylation sites is 1. The minimum atomic E-state index is -0.329. The highest BCUT2D eigenvalue weighted by Gasteiger charge is 2.11. The van der Waals surface area contributed by atoms with Gasteiger partial charge in [-0.25, -0.2) is 0 Å². The maximum absolute atomic E-state index is 11.9. The second kappa shape index (κ2) is 6.03. The summed E-state index contributed by atoms with van der Waals surface area (Å²) in [7, 11) is 0. The van der Waals surface area contributed by atoms with Crippen LogP contribution >= 0.6 is 23.2 Å². The van der Waals surface area contributed by atoms with Crippen molar-refractivity contribution in [1.29, 1.82) is 0 Å². The zero-order valence-electron chi connectivity index (χ0n) is 10.2. The van der Waals surface area contributed by atoms with Crippen molar-refractivity contribution in [2.45, 2.75) is 6.42 Å². The number of carbonyl (C=O) groups excluding carboxylic acids is 1. The van der Waals surface area contributed by atoms with Crippen LogP contribution in [0.15, 0.2) is 36.4 Å². The average Bonchev–Trinajstić information content (AvgIpc) is 2.38. The van der Waals surface area contributed by atoms with Gasteiger partial charge < -0.3 is 15.5 Å². The SMILES string of the molecule is O=C(Cc1ccc(O)c(O)c1)Nc1c(Cl)cccc1Cl. The Hall–Kier alpha value is -1.91. The van der Waals surface area contributed by atoms with Gasteiger partial charge in [-0.05, 0) is 29.8 Å². The third-order valence-corrected chi connectivity index (χ3v) is 3.26. The van der Waals surface area contributed by atoms with Crippen molar-refractivity contribution in [2.75, 3.05) is 5.32 Å². The van der Waals surface area contributed by atoms with Crippen LogP contribution in [0, 0.1) is 0 Å². The summed E-state index contributed by atoms with van der Waals surface area (Å²) in [5.74, 6) is -0.834. The van der Waals surface area contributed by atoms with Crippen molar-refractivity contribution in [3.8, 4) is 11.5 Å². The van der Waals surface area contributed by atoms with Gasteiger partial charge in [0.05, 0.1) is 22.2 Å². The predicted octanol–water partition coefficient (Wildman–Crippen LogP) is 3.59. The highest BCUT2D eigenvalue weighted by molar-refractivity contribution is 6.39. The monoisotopic (exact) mass is 311 g/mol. The molecule has 3 N–H and O–H groups in total. The van der Waals surface area contributed by atoms with Crippen molar-refractivity contribution >= 4 is 34.8 Å². The Morgan fingerprint density at radius 1 is 1.05 bits per heavy atom. The summed E-state index contributed by atoms with van der Waals surface area (Å²) in [6, 6.07) is 9.11. The second-order valence-corrected chi connectivity index (χ2v) is 4.96. The van der Waals surface area contributed by atoms with E-state index in [2.05, 4.69) is 5.32 Å². The summed E-state index contributed by atoms with van der Waals surface area (Å²) in [5.41, 5.74) is 0.907. The van der Waals surface area contributed by atoms with Crippen molar-refractivity contribution < 1.29 is 15.0 Å². The van der Waals surface area contributed by atoms with Gasteiger partial charge in [0.2, 0.25) is 5.91 Å². The third-order valence-electron chi connectivity index (χ3n) is 2.63. The lowest BCUT2D eigenvalue weighted by Gasteiger charge is -2.09. The molecule has 0 bridgehead atoms. The molecule has 20 heavy (non-hydrogen) atoms. The normalized spacial score (nSPS) is 10.3. The van der Waals surface area contributed by atoms with Gasteiger partial charge in [0, 0.05) is 0 Å². The van der Waals surface area contributed by atoms with Crippen LogP contribution in [-0.2, 0) is 11.2 Å². The number of benzene rings is 2. The van der Waals surface area contributed by atoms with Crippen molar-refractivity contribution in [2.24, 2.45) is 0 Å². The summed E-state index contributed by atoms with van der Waals surface area (Å²) in [6.45, 7) is 0. The molecule has 2 rings (SSSR count). The van der Waals surface area contributed by atoms with Gasteiger partial charge in [0.15, 0.2) is 11.5 Å².